The Morgan fingerprint density at radius 2 is 1.64 bits per heavy atom. The average Bonchev–Trinajstić information content (AvgIpc) is 3.35. The number of fused-ring (bicyclic) bond motifs is 1. The molecule has 2 amide bonds. The number of β-amino-alcohol motifs (C(OH)–C–C–N with tert-alkyl or cyclic N) is 1. The standard InChI is InChI=1S/C36H47N5O4.H2O4S/c1-36(2,3)39-35(45)31-24-40(22-26-12-9-15-37-21-26)16-17-41(31)23-29(42)19-28(18-25-10-5-4-6-11-25)34(44)38-33-30-14-8-7-13-27(30)20-32(33)43;1-5(2,3)4/h4-15,21,28-29,31-33,42-43H,16-20,22-24H2,1-3H3,(H,38,44)(H,39,45);(H2,1,2,3,4)/t28?,29-,31-,32+,33-;/m0./s1. The number of amides is 2. The number of rotatable bonds is 11. The molecule has 0 spiro atoms. The molecule has 1 saturated heterocycles. The molecule has 5 atom stereocenters. The molecule has 1 aliphatic carbocycles. The second kappa shape index (κ2) is 17.4. The molecule has 2 aliphatic rings. The van der Waals surface area contributed by atoms with Gasteiger partial charge in [0.25, 0.3) is 0 Å². The molecule has 3 aromatic rings. The molecule has 272 valence electrons. The van der Waals surface area contributed by atoms with Crippen molar-refractivity contribution in [2.24, 2.45) is 5.92 Å². The van der Waals surface area contributed by atoms with Gasteiger partial charge in [-0.1, -0.05) is 60.7 Å². The maximum atomic E-state index is 13.8. The van der Waals surface area contributed by atoms with Crippen molar-refractivity contribution in [3.8, 4) is 0 Å². The third-order valence-electron chi connectivity index (χ3n) is 8.70. The van der Waals surface area contributed by atoms with E-state index in [1.54, 1.807) is 6.20 Å². The van der Waals surface area contributed by atoms with Crippen molar-refractivity contribution in [1.29, 1.82) is 0 Å². The van der Waals surface area contributed by atoms with Crippen LogP contribution in [0.1, 0.15) is 55.5 Å². The molecule has 0 bridgehead atoms. The van der Waals surface area contributed by atoms with Gasteiger partial charge in [-0.15, -0.1) is 0 Å². The molecule has 1 unspecified atom stereocenters. The molecule has 50 heavy (non-hydrogen) atoms. The summed E-state index contributed by atoms with van der Waals surface area (Å²) in [6.45, 7) is 8.74. The summed E-state index contributed by atoms with van der Waals surface area (Å²) >= 11 is 0. The fraction of sp³-hybridized carbons (Fsp3) is 0.472. The van der Waals surface area contributed by atoms with Gasteiger partial charge in [-0.2, -0.15) is 8.42 Å². The SMILES string of the molecule is CC(C)(C)NC(=O)[C@@H]1CN(Cc2cccnc2)CCN1C[C@@H](O)CC(Cc1ccccc1)C(=O)N[C@H]1c2ccccc2C[C@H]1O.O=S(=O)(O)O. The monoisotopic (exact) mass is 711 g/mol. The quantitative estimate of drug-likeness (QED) is 0.160. The van der Waals surface area contributed by atoms with Crippen molar-refractivity contribution < 1.29 is 37.3 Å². The Labute approximate surface area is 294 Å². The van der Waals surface area contributed by atoms with Gasteiger partial charge in [-0.25, -0.2) is 0 Å². The van der Waals surface area contributed by atoms with Crippen molar-refractivity contribution >= 4 is 22.2 Å². The fourth-order valence-corrected chi connectivity index (χ4v) is 6.56. The van der Waals surface area contributed by atoms with E-state index >= 15 is 0 Å². The summed E-state index contributed by atoms with van der Waals surface area (Å²) in [6.07, 6.45) is 3.26. The van der Waals surface area contributed by atoms with Crippen molar-refractivity contribution in [1.82, 2.24) is 25.4 Å². The van der Waals surface area contributed by atoms with Crippen molar-refractivity contribution in [2.45, 2.75) is 76.4 Å². The molecule has 1 aromatic heterocycles. The summed E-state index contributed by atoms with van der Waals surface area (Å²) in [5.74, 6) is -0.781. The number of nitrogens with zero attached hydrogens (tertiary/aromatic N) is 3. The van der Waals surface area contributed by atoms with Gasteiger partial charge in [-0.3, -0.25) is 33.5 Å². The Balaban J connectivity index is 0.00000105. The zero-order chi connectivity index (χ0) is 36.5. The normalized spacial score (nSPS) is 20.9. The van der Waals surface area contributed by atoms with Crippen molar-refractivity contribution in [3.63, 3.8) is 0 Å². The highest BCUT2D eigenvalue weighted by atomic mass is 32.3. The zero-order valence-corrected chi connectivity index (χ0v) is 29.5. The molecular formula is C36H49N5O8S. The molecule has 13 nitrogen and oxygen atoms in total. The molecule has 5 rings (SSSR count). The number of carbonyl (C=O) groups is 2. The van der Waals surface area contributed by atoms with Crippen LogP contribution >= 0.6 is 0 Å². The lowest BCUT2D eigenvalue weighted by molar-refractivity contribution is -0.132. The van der Waals surface area contributed by atoms with Crippen LogP contribution < -0.4 is 10.6 Å². The number of hydrogen-bond donors (Lipinski definition) is 6. The van der Waals surface area contributed by atoms with Gasteiger partial charge in [-0.05, 0) is 61.9 Å². The van der Waals surface area contributed by atoms with Crippen molar-refractivity contribution in [3.05, 3.63) is 101 Å². The number of piperazine rings is 1. The smallest absolute Gasteiger partial charge is 0.392 e. The Hall–Kier alpha value is -3.76. The lowest BCUT2D eigenvalue weighted by atomic mass is 9.91. The Morgan fingerprint density at radius 1 is 0.980 bits per heavy atom. The topological polar surface area (TPSA) is 193 Å². The predicted molar refractivity (Wildman–Crippen MR) is 188 cm³/mol. The lowest BCUT2D eigenvalue weighted by Crippen LogP contribution is -2.61. The van der Waals surface area contributed by atoms with E-state index in [0.717, 1.165) is 28.8 Å². The number of benzene rings is 2. The van der Waals surface area contributed by atoms with E-state index in [-0.39, 0.29) is 24.8 Å². The highest BCUT2D eigenvalue weighted by molar-refractivity contribution is 7.79. The number of nitrogens with one attached hydrogen (secondary N) is 2. The van der Waals surface area contributed by atoms with Crippen LogP contribution in [0.3, 0.4) is 0 Å². The number of carbonyl (C=O) groups excluding carboxylic acids is 2. The largest absolute Gasteiger partial charge is 0.394 e. The maximum absolute atomic E-state index is 13.8. The number of pyridine rings is 1. The first-order chi connectivity index (χ1) is 23.6. The second-order valence-corrected chi connectivity index (χ2v) is 14.9. The molecule has 14 heteroatoms. The summed E-state index contributed by atoms with van der Waals surface area (Å²) in [5, 5.41) is 28.5. The minimum Gasteiger partial charge on any atom is -0.392 e. The summed E-state index contributed by atoms with van der Waals surface area (Å²) in [6, 6.07) is 20.6. The van der Waals surface area contributed by atoms with E-state index in [4.69, 9.17) is 17.5 Å². The first-order valence-corrected chi connectivity index (χ1v) is 18.1. The molecule has 1 aliphatic heterocycles. The molecule has 0 saturated carbocycles. The third kappa shape index (κ3) is 12.5. The van der Waals surface area contributed by atoms with Crippen LogP contribution in [-0.4, -0.2) is 104 Å². The van der Waals surface area contributed by atoms with Gasteiger partial charge >= 0.3 is 10.4 Å². The fourth-order valence-electron chi connectivity index (χ4n) is 6.56. The van der Waals surface area contributed by atoms with Gasteiger partial charge in [0.2, 0.25) is 11.8 Å². The van der Waals surface area contributed by atoms with Crippen LogP contribution in [-0.2, 0) is 39.4 Å². The van der Waals surface area contributed by atoms with Gasteiger partial charge in [0.05, 0.1) is 18.2 Å². The van der Waals surface area contributed by atoms with Crippen LogP contribution in [0.25, 0.3) is 0 Å². The molecular weight excluding hydrogens is 662 g/mol. The minimum absolute atomic E-state index is 0.0712. The van der Waals surface area contributed by atoms with Gasteiger partial charge in [0, 0.05) is 63.0 Å². The number of aromatic nitrogens is 1. The highest BCUT2D eigenvalue weighted by Gasteiger charge is 2.37. The molecule has 6 N–H and O–H groups in total. The predicted octanol–water partition coefficient (Wildman–Crippen LogP) is 2.21. The molecule has 2 heterocycles. The average molecular weight is 712 g/mol. The first kappa shape index (κ1) is 39.0. The Bertz CT molecular complexity index is 1650. The summed E-state index contributed by atoms with van der Waals surface area (Å²) in [4.78, 5) is 35.9. The third-order valence-corrected chi connectivity index (χ3v) is 8.70. The molecule has 2 aromatic carbocycles. The van der Waals surface area contributed by atoms with Crippen LogP contribution in [0.15, 0.2) is 79.1 Å². The summed E-state index contributed by atoms with van der Waals surface area (Å²) in [7, 11) is -4.67. The molecule has 1 fully saturated rings. The second-order valence-electron chi connectivity index (χ2n) is 14.0. The Morgan fingerprint density at radius 3 is 2.30 bits per heavy atom. The first-order valence-electron chi connectivity index (χ1n) is 16.7. The van der Waals surface area contributed by atoms with E-state index in [1.807, 2.05) is 93.7 Å². The highest BCUT2D eigenvalue weighted by Crippen LogP contribution is 2.32. The van der Waals surface area contributed by atoms with E-state index in [2.05, 4.69) is 25.4 Å². The number of aliphatic hydroxyl groups is 2. The molecule has 0 radical (unpaired) electrons. The van der Waals surface area contributed by atoms with E-state index in [0.29, 0.717) is 32.5 Å². The van der Waals surface area contributed by atoms with Crippen LogP contribution in [0, 0.1) is 5.92 Å². The van der Waals surface area contributed by atoms with Crippen LogP contribution in [0.4, 0.5) is 0 Å². The maximum Gasteiger partial charge on any atom is 0.394 e. The number of aliphatic hydroxyl groups excluding tert-OH is 2. The van der Waals surface area contributed by atoms with Crippen LogP contribution in [0.5, 0.6) is 0 Å². The Kier molecular flexibility index (Phi) is 13.6. The summed E-state index contributed by atoms with van der Waals surface area (Å²) in [5.41, 5.74) is 3.68. The minimum atomic E-state index is -4.67. The van der Waals surface area contributed by atoms with Gasteiger partial charge in [0.15, 0.2) is 0 Å². The van der Waals surface area contributed by atoms with Crippen molar-refractivity contribution in [2.75, 3.05) is 26.2 Å². The van der Waals surface area contributed by atoms with E-state index in [9.17, 15) is 19.8 Å². The number of hydrogen-bond acceptors (Lipinski definition) is 9. The van der Waals surface area contributed by atoms with E-state index < -0.39 is 46.1 Å². The summed E-state index contributed by atoms with van der Waals surface area (Å²) < 4.78 is 31.6. The zero-order valence-electron chi connectivity index (χ0n) is 28.7. The van der Waals surface area contributed by atoms with Gasteiger partial charge in [0.1, 0.15) is 6.04 Å². The van der Waals surface area contributed by atoms with E-state index in [1.165, 1.54) is 0 Å². The lowest BCUT2D eigenvalue weighted by Gasteiger charge is -2.42. The van der Waals surface area contributed by atoms with Gasteiger partial charge < -0.3 is 20.8 Å². The van der Waals surface area contributed by atoms with Crippen LogP contribution in [0.2, 0.25) is 0 Å².